The zero-order valence-corrected chi connectivity index (χ0v) is 14.3. The molecule has 2 nitrogen and oxygen atoms in total. The van der Waals surface area contributed by atoms with Gasteiger partial charge in [0.15, 0.2) is 0 Å². The second-order valence-electron chi connectivity index (χ2n) is 5.61. The van der Waals surface area contributed by atoms with Crippen molar-refractivity contribution in [3.8, 4) is 0 Å². The zero-order valence-electron chi connectivity index (χ0n) is 13.5. The second kappa shape index (κ2) is 8.04. The van der Waals surface area contributed by atoms with E-state index in [0.29, 0.717) is 6.54 Å². The van der Waals surface area contributed by atoms with Crippen LogP contribution in [0.4, 0.5) is 0 Å². The molecule has 116 valence electrons. The molecule has 0 atom stereocenters. The van der Waals surface area contributed by atoms with Gasteiger partial charge in [0, 0.05) is 23.6 Å². The third-order valence-electron chi connectivity index (χ3n) is 3.55. The number of carbonyl (C=O) groups excluding carboxylic acids is 1. The Bertz CT molecular complexity index is 634. The van der Waals surface area contributed by atoms with Gasteiger partial charge < -0.3 is 5.32 Å². The minimum atomic E-state index is 0.0217. The van der Waals surface area contributed by atoms with Crippen LogP contribution in [0.1, 0.15) is 32.6 Å². The summed E-state index contributed by atoms with van der Waals surface area (Å²) in [5.74, 6) is 1.93. The molecule has 1 N–H and O–H groups in total. The summed E-state index contributed by atoms with van der Waals surface area (Å²) in [6.07, 6.45) is 0. The van der Waals surface area contributed by atoms with Crippen molar-refractivity contribution in [3.63, 3.8) is 0 Å². The Morgan fingerprint density at radius 2 is 1.68 bits per heavy atom. The highest BCUT2D eigenvalue weighted by molar-refractivity contribution is 7.98. The third-order valence-corrected chi connectivity index (χ3v) is 4.58. The lowest BCUT2D eigenvalue weighted by atomic mass is 10.1. The van der Waals surface area contributed by atoms with Crippen LogP contribution in [0.3, 0.4) is 0 Å². The first-order valence-electron chi connectivity index (χ1n) is 7.55. The van der Waals surface area contributed by atoms with Crippen LogP contribution < -0.4 is 5.32 Å². The van der Waals surface area contributed by atoms with E-state index in [2.05, 4.69) is 36.5 Å². The number of nitrogens with one attached hydrogen (secondary N) is 1. The summed E-state index contributed by atoms with van der Waals surface area (Å²) in [6.45, 7) is 6.81. The van der Waals surface area contributed by atoms with E-state index >= 15 is 0 Å². The summed E-state index contributed by atoms with van der Waals surface area (Å²) >= 11 is 1.84. The molecule has 22 heavy (non-hydrogen) atoms. The zero-order chi connectivity index (χ0) is 15.9. The number of hydrogen-bond donors (Lipinski definition) is 1. The first kappa shape index (κ1) is 16.6. The summed E-state index contributed by atoms with van der Waals surface area (Å²) in [6, 6.07) is 14.5. The van der Waals surface area contributed by atoms with Crippen molar-refractivity contribution in [1.29, 1.82) is 0 Å². The van der Waals surface area contributed by atoms with Crippen LogP contribution in [0.25, 0.3) is 0 Å². The maximum absolute atomic E-state index is 12.1. The Morgan fingerprint density at radius 3 is 2.36 bits per heavy atom. The molecular weight excluding hydrogens is 290 g/mol. The fourth-order valence-electron chi connectivity index (χ4n) is 2.27. The monoisotopic (exact) mass is 313 g/mol. The number of hydrogen-bond acceptors (Lipinski definition) is 2. The minimum Gasteiger partial charge on any atom is -0.351 e. The van der Waals surface area contributed by atoms with Crippen molar-refractivity contribution in [2.24, 2.45) is 0 Å². The Kier molecular flexibility index (Phi) is 6.08. The van der Waals surface area contributed by atoms with Crippen molar-refractivity contribution in [2.75, 3.05) is 12.3 Å². The van der Waals surface area contributed by atoms with Gasteiger partial charge >= 0.3 is 0 Å². The maximum Gasteiger partial charge on any atom is 0.251 e. The smallest absolute Gasteiger partial charge is 0.251 e. The largest absolute Gasteiger partial charge is 0.351 e. The molecule has 0 aliphatic carbocycles. The van der Waals surface area contributed by atoms with Gasteiger partial charge in [-0.1, -0.05) is 47.5 Å². The van der Waals surface area contributed by atoms with E-state index in [1.54, 1.807) is 0 Å². The van der Waals surface area contributed by atoms with E-state index in [1.807, 2.05) is 43.8 Å². The number of amides is 1. The normalized spacial score (nSPS) is 10.5. The molecule has 3 heteroatoms. The van der Waals surface area contributed by atoms with Crippen molar-refractivity contribution < 1.29 is 4.79 Å². The standard InChI is InChI=1S/C19H23NOS/c1-14-4-7-17(8-5-14)13-22-11-10-20-19(21)18-9-6-15(2)12-16(18)3/h4-9,12H,10-11,13H2,1-3H3,(H,20,21). The lowest BCUT2D eigenvalue weighted by Crippen LogP contribution is -2.26. The van der Waals surface area contributed by atoms with E-state index in [-0.39, 0.29) is 5.91 Å². The summed E-state index contributed by atoms with van der Waals surface area (Å²) in [5, 5.41) is 2.99. The van der Waals surface area contributed by atoms with Crippen molar-refractivity contribution in [3.05, 3.63) is 70.3 Å². The molecule has 1 amide bonds. The maximum atomic E-state index is 12.1. The Morgan fingerprint density at radius 1 is 1.00 bits per heavy atom. The van der Waals surface area contributed by atoms with Gasteiger partial charge in [0.2, 0.25) is 0 Å². The number of benzene rings is 2. The molecule has 0 spiro atoms. The third kappa shape index (κ3) is 4.92. The average Bonchev–Trinajstić information content (AvgIpc) is 2.48. The van der Waals surface area contributed by atoms with Gasteiger partial charge in [-0.3, -0.25) is 4.79 Å². The van der Waals surface area contributed by atoms with E-state index in [9.17, 15) is 4.79 Å². The fraction of sp³-hybridized carbons (Fsp3) is 0.316. The van der Waals surface area contributed by atoms with Gasteiger partial charge in [0.25, 0.3) is 5.91 Å². The molecule has 0 unspecified atom stereocenters. The van der Waals surface area contributed by atoms with Gasteiger partial charge in [0.05, 0.1) is 0 Å². The Labute approximate surface area is 137 Å². The second-order valence-corrected chi connectivity index (χ2v) is 6.72. The lowest BCUT2D eigenvalue weighted by molar-refractivity contribution is 0.0955. The highest BCUT2D eigenvalue weighted by Crippen LogP contribution is 2.13. The van der Waals surface area contributed by atoms with Crippen LogP contribution in [0.5, 0.6) is 0 Å². The molecule has 0 aliphatic rings. The number of rotatable bonds is 6. The molecule has 0 fully saturated rings. The Balaban J connectivity index is 1.72. The highest BCUT2D eigenvalue weighted by Gasteiger charge is 2.07. The van der Waals surface area contributed by atoms with E-state index in [1.165, 1.54) is 16.7 Å². The summed E-state index contributed by atoms with van der Waals surface area (Å²) in [4.78, 5) is 12.1. The van der Waals surface area contributed by atoms with Gasteiger partial charge in [0.1, 0.15) is 0 Å². The molecule has 0 aliphatic heterocycles. The van der Waals surface area contributed by atoms with E-state index < -0.39 is 0 Å². The van der Waals surface area contributed by atoms with Crippen molar-refractivity contribution in [2.45, 2.75) is 26.5 Å². The predicted octanol–water partition coefficient (Wildman–Crippen LogP) is 4.28. The summed E-state index contributed by atoms with van der Waals surface area (Å²) in [5.41, 5.74) is 5.60. The van der Waals surface area contributed by atoms with E-state index in [4.69, 9.17) is 0 Å². The van der Waals surface area contributed by atoms with Crippen LogP contribution in [-0.2, 0) is 5.75 Å². The van der Waals surface area contributed by atoms with Gasteiger partial charge in [-0.25, -0.2) is 0 Å². The van der Waals surface area contributed by atoms with Crippen LogP contribution >= 0.6 is 11.8 Å². The first-order chi connectivity index (χ1) is 10.6. The SMILES string of the molecule is Cc1ccc(CSCCNC(=O)c2ccc(C)cc2C)cc1. The lowest BCUT2D eigenvalue weighted by Gasteiger charge is -2.08. The van der Waals surface area contributed by atoms with Crippen LogP contribution in [0.2, 0.25) is 0 Å². The molecule has 0 heterocycles. The summed E-state index contributed by atoms with van der Waals surface area (Å²) < 4.78 is 0. The quantitative estimate of drug-likeness (QED) is 0.807. The van der Waals surface area contributed by atoms with Gasteiger partial charge in [-0.15, -0.1) is 0 Å². The van der Waals surface area contributed by atoms with E-state index in [0.717, 1.165) is 22.6 Å². The fourth-order valence-corrected chi connectivity index (χ4v) is 3.09. The molecule has 0 saturated heterocycles. The highest BCUT2D eigenvalue weighted by atomic mass is 32.2. The average molecular weight is 313 g/mol. The van der Waals surface area contributed by atoms with Crippen molar-refractivity contribution in [1.82, 2.24) is 5.32 Å². The number of carbonyl (C=O) groups is 1. The first-order valence-corrected chi connectivity index (χ1v) is 8.70. The molecule has 2 rings (SSSR count). The van der Waals surface area contributed by atoms with Crippen LogP contribution in [-0.4, -0.2) is 18.2 Å². The van der Waals surface area contributed by atoms with Gasteiger partial charge in [-0.05, 0) is 38.0 Å². The number of aryl methyl sites for hydroxylation is 3. The molecule has 0 aromatic heterocycles. The van der Waals surface area contributed by atoms with Crippen LogP contribution in [0, 0.1) is 20.8 Å². The minimum absolute atomic E-state index is 0.0217. The predicted molar refractivity (Wildman–Crippen MR) is 95.6 cm³/mol. The van der Waals surface area contributed by atoms with Crippen molar-refractivity contribution >= 4 is 17.7 Å². The number of thioether (sulfide) groups is 1. The molecule has 2 aromatic carbocycles. The molecule has 0 radical (unpaired) electrons. The topological polar surface area (TPSA) is 29.1 Å². The molecular formula is C19H23NOS. The summed E-state index contributed by atoms with van der Waals surface area (Å²) in [7, 11) is 0. The van der Waals surface area contributed by atoms with Crippen LogP contribution in [0.15, 0.2) is 42.5 Å². The molecule has 2 aromatic rings. The Hall–Kier alpha value is -1.74. The molecule has 0 saturated carbocycles. The van der Waals surface area contributed by atoms with Gasteiger partial charge in [-0.2, -0.15) is 11.8 Å². The molecule has 0 bridgehead atoms.